The normalized spacial score (nSPS) is 18.7. The minimum atomic E-state index is 0.145. The second kappa shape index (κ2) is 10.7. The Hall–Kier alpha value is -4.05. The molecule has 198 valence electrons. The highest BCUT2D eigenvalue weighted by molar-refractivity contribution is 5.99. The number of anilines is 1. The molecule has 0 amide bonds. The van der Waals surface area contributed by atoms with Crippen LogP contribution in [-0.2, 0) is 4.74 Å². The van der Waals surface area contributed by atoms with Crippen LogP contribution in [0.4, 0.5) is 5.69 Å². The standard InChI is InChI=1S/C28H31N5O5/c1-17-6-7-19(14-30-17)38-28-20-8-11-35-10-5-3-4-9-29-23-21-12-18(13-22(23)34-2)25-26(37-16-36-25)24(21)33-27(20)31-15-32-28/h6-7,12-14,31,33H,3-5,8-11,15-16H2,1-2H3/b29-23+. The summed E-state index contributed by atoms with van der Waals surface area (Å²) in [5.74, 6) is 3.95. The minimum Gasteiger partial charge on any atom is -0.494 e. The Morgan fingerprint density at radius 2 is 1.92 bits per heavy atom. The molecule has 2 aromatic carbocycles. The Bertz CT molecular complexity index is 1450. The molecule has 0 atom stereocenters. The summed E-state index contributed by atoms with van der Waals surface area (Å²) in [6.45, 7) is 4.36. The predicted molar refractivity (Wildman–Crippen MR) is 143 cm³/mol. The fourth-order valence-corrected chi connectivity index (χ4v) is 4.83. The first kappa shape index (κ1) is 24.3. The third kappa shape index (κ3) is 4.79. The van der Waals surface area contributed by atoms with Crippen molar-refractivity contribution in [3.05, 3.63) is 52.9 Å². The molecule has 3 aromatic rings. The van der Waals surface area contributed by atoms with Gasteiger partial charge in [0.25, 0.3) is 0 Å². The molecule has 0 spiro atoms. The van der Waals surface area contributed by atoms with E-state index in [1.807, 2.05) is 25.1 Å². The minimum absolute atomic E-state index is 0.145. The third-order valence-corrected chi connectivity index (χ3v) is 6.77. The largest absolute Gasteiger partial charge is 0.494 e. The predicted octanol–water partition coefficient (Wildman–Crippen LogP) is 3.87. The number of hydrogen-bond acceptors (Lipinski definition) is 10. The van der Waals surface area contributed by atoms with Crippen molar-refractivity contribution in [2.45, 2.75) is 32.6 Å². The topological polar surface area (TPSA) is 108 Å². The van der Waals surface area contributed by atoms with Gasteiger partial charge >= 0.3 is 0 Å². The van der Waals surface area contributed by atoms with Gasteiger partial charge in [0.05, 0.1) is 31.2 Å². The zero-order valence-corrected chi connectivity index (χ0v) is 21.6. The van der Waals surface area contributed by atoms with Crippen molar-refractivity contribution in [1.29, 1.82) is 0 Å². The molecule has 0 saturated heterocycles. The number of methoxy groups -OCH3 is 1. The molecular weight excluding hydrogens is 486 g/mol. The Balaban J connectivity index is 1.48. The molecule has 6 rings (SSSR count). The lowest BCUT2D eigenvalue weighted by molar-refractivity contribution is 0.133. The van der Waals surface area contributed by atoms with Crippen LogP contribution in [0.5, 0.6) is 23.0 Å². The van der Waals surface area contributed by atoms with E-state index in [0.717, 1.165) is 58.2 Å². The van der Waals surface area contributed by atoms with Gasteiger partial charge in [-0.05, 0) is 50.5 Å². The van der Waals surface area contributed by atoms with Gasteiger partial charge in [0.2, 0.25) is 12.7 Å². The van der Waals surface area contributed by atoms with Crippen LogP contribution in [0, 0.1) is 6.92 Å². The Labute approximate surface area is 220 Å². The second-order valence-corrected chi connectivity index (χ2v) is 9.33. The number of pyridine rings is 1. The van der Waals surface area contributed by atoms with Crippen molar-refractivity contribution in [2.75, 3.05) is 45.6 Å². The highest BCUT2D eigenvalue weighted by Gasteiger charge is 2.28. The van der Waals surface area contributed by atoms with E-state index < -0.39 is 0 Å². The third-order valence-electron chi connectivity index (χ3n) is 6.77. The van der Waals surface area contributed by atoms with Crippen molar-refractivity contribution < 1.29 is 23.7 Å². The molecule has 0 saturated carbocycles. The summed E-state index contributed by atoms with van der Waals surface area (Å²) in [4.78, 5) is 13.9. The van der Waals surface area contributed by atoms with E-state index in [1.54, 1.807) is 13.3 Å². The van der Waals surface area contributed by atoms with Crippen LogP contribution in [-0.4, -0.2) is 51.2 Å². The van der Waals surface area contributed by atoms with Gasteiger partial charge in [-0.25, -0.2) is 4.99 Å². The van der Waals surface area contributed by atoms with E-state index in [4.69, 9.17) is 28.7 Å². The number of aliphatic imine (C=N–C) groups is 1. The van der Waals surface area contributed by atoms with Crippen molar-refractivity contribution in [3.63, 3.8) is 0 Å². The molecule has 2 bridgehead atoms. The second-order valence-electron chi connectivity index (χ2n) is 9.33. The summed E-state index contributed by atoms with van der Waals surface area (Å²) in [5.41, 5.74) is 2.55. The lowest BCUT2D eigenvalue weighted by Gasteiger charge is -2.24. The summed E-state index contributed by atoms with van der Waals surface area (Å²) < 4.78 is 29.8. The molecule has 3 aliphatic heterocycles. The van der Waals surface area contributed by atoms with Gasteiger partial charge in [0.15, 0.2) is 11.5 Å². The average molecular weight is 518 g/mol. The molecule has 0 aliphatic carbocycles. The van der Waals surface area contributed by atoms with Crippen molar-refractivity contribution >= 4 is 22.4 Å². The van der Waals surface area contributed by atoms with Crippen molar-refractivity contribution in [3.8, 4) is 23.0 Å². The van der Waals surface area contributed by atoms with Gasteiger partial charge in [-0.3, -0.25) is 9.98 Å². The van der Waals surface area contributed by atoms with Gasteiger partial charge in [0, 0.05) is 36.0 Å². The van der Waals surface area contributed by atoms with E-state index in [0.29, 0.717) is 61.7 Å². The lowest BCUT2D eigenvalue weighted by atomic mass is 10.0. The van der Waals surface area contributed by atoms with Crippen LogP contribution in [0.25, 0.3) is 10.8 Å². The molecule has 0 unspecified atom stereocenters. The van der Waals surface area contributed by atoms with Crippen LogP contribution in [0.15, 0.2) is 51.8 Å². The van der Waals surface area contributed by atoms with Crippen LogP contribution >= 0.6 is 0 Å². The summed E-state index contributed by atoms with van der Waals surface area (Å²) in [6.07, 6.45) is 5.29. The fourth-order valence-electron chi connectivity index (χ4n) is 4.83. The number of aromatic nitrogens is 1. The Kier molecular flexibility index (Phi) is 6.87. The molecule has 10 heteroatoms. The molecule has 0 radical (unpaired) electrons. The van der Waals surface area contributed by atoms with Gasteiger partial charge in [-0.2, -0.15) is 0 Å². The van der Waals surface area contributed by atoms with Crippen molar-refractivity contribution in [1.82, 2.24) is 10.3 Å². The highest BCUT2D eigenvalue weighted by atomic mass is 16.7. The maximum absolute atomic E-state index is 6.22. The van der Waals surface area contributed by atoms with E-state index >= 15 is 0 Å². The number of ether oxygens (including phenoxy) is 5. The van der Waals surface area contributed by atoms with Crippen molar-refractivity contribution in [2.24, 2.45) is 9.98 Å². The van der Waals surface area contributed by atoms with Crippen LogP contribution < -0.4 is 34.9 Å². The first-order valence-corrected chi connectivity index (χ1v) is 13.0. The number of nitrogens with one attached hydrogen (secondary N) is 2. The average Bonchev–Trinajstić information content (AvgIpc) is 3.42. The molecule has 10 nitrogen and oxygen atoms in total. The molecule has 2 N–H and O–H groups in total. The number of fused-ring (bicyclic) bond motifs is 4. The monoisotopic (exact) mass is 517 g/mol. The summed E-state index contributed by atoms with van der Waals surface area (Å²) >= 11 is 0. The first-order valence-electron chi connectivity index (χ1n) is 13.0. The van der Waals surface area contributed by atoms with Crippen LogP contribution in [0.1, 0.15) is 31.4 Å². The molecule has 38 heavy (non-hydrogen) atoms. The number of hydrogen-bond donors (Lipinski definition) is 2. The smallest absolute Gasteiger partial charge is 0.231 e. The maximum Gasteiger partial charge on any atom is 0.231 e. The van der Waals surface area contributed by atoms with E-state index in [2.05, 4.69) is 26.7 Å². The zero-order chi connectivity index (χ0) is 25.9. The molecule has 0 fully saturated rings. The molecule has 3 aliphatic rings. The lowest BCUT2D eigenvalue weighted by Crippen LogP contribution is -2.32. The van der Waals surface area contributed by atoms with Gasteiger partial charge in [0.1, 0.15) is 29.3 Å². The Morgan fingerprint density at radius 3 is 2.79 bits per heavy atom. The van der Waals surface area contributed by atoms with Crippen LogP contribution in [0.3, 0.4) is 0 Å². The SMILES string of the molecule is COc1cc2cc3c(c4c2OCO4)NC2=C(CCOCCCCC/N=c/13)C(Oc1ccc(C)nc1)=NCN2. The van der Waals surface area contributed by atoms with Gasteiger partial charge < -0.3 is 34.3 Å². The summed E-state index contributed by atoms with van der Waals surface area (Å²) in [5, 5.41) is 9.59. The number of rotatable bonds is 2. The zero-order valence-electron chi connectivity index (χ0n) is 21.6. The number of benzene rings is 2. The number of aryl methyl sites for hydroxylation is 1. The molecule has 1 aromatic heterocycles. The quantitative estimate of drug-likeness (QED) is 0.528. The van der Waals surface area contributed by atoms with E-state index in [9.17, 15) is 0 Å². The van der Waals surface area contributed by atoms with Gasteiger partial charge in [-0.1, -0.05) is 0 Å². The van der Waals surface area contributed by atoms with Gasteiger partial charge in [-0.15, -0.1) is 0 Å². The first-order chi connectivity index (χ1) is 18.7. The molecular formula is C28H31N5O5. The highest BCUT2D eigenvalue weighted by Crippen LogP contribution is 2.46. The maximum atomic E-state index is 6.22. The fraction of sp³-hybridized carbons (Fsp3) is 0.393. The number of nitrogens with zero attached hydrogens (tertiary/aromatic N) is 3. The van der Waals surface area contributed by atoms with E-state index in [-0.39, 0.29) is 6.79 Å². The van der Waals surface area contributed by atoms with Crippen LogP contribution in [0.2, 0.25) is 0 Å². The Morgan fingerprint density at radius 1 is 1.00 bits per heavy atom. The van der Waals surface area contributed by atoms with E-state index in [1.165, 1.54) is 0 Å². The summed E-state index contributed by atoms with van der Waals surface area (Å²) in [6, 6.07) is 7.85. The summed E-state index contributed by atoms with van der Waals surface area (Å²) in [7, 11) is 1.67. The molecule has 4 heterocycles.